The Balaban J connectivity index is 1.55. The van der Waals surface area contributed by atoms with Crippen molar-refractivity contribution in [2.75, 3.05) is 32.7 Å². The van der Waals surface area contributed by atoms with Crippen LogP contribution in [0.4, 0.5) is 0 Å². The lowest BCUT2D eigenvalue weighted by atomic mass is 9.75. The average Bonchev–Trinajstić information content (AvgIpc) is 2.79. The highest BCUT2D eigenvalue weighted by Crippen LogP contribution is 2.37. The number of aliphatic hydroxyl groups is 1. The van der Waals surface area contributed by atoms with Crippen molar-refractivity contribution in [1.82, 2.24) is 10.2 Å². The molecule has 2 fully saturated rings. The summed E-state index contributed by atoms with van der Waals surface area (Å²) in [7, 11) is 0. The Kier molecular flexibility index (Phi) is 6.61. The topological polar surface area (TPSA) is 59.3 Å². The second-order valence-electron chi connectivity index (χ2n) is 8.54. The SMILES string of the molecule is N#Cc1cccc(-c2ccc(C(CN3CCNCC3)C3CCC(O)CC3)cc2)c1. The molecule has 4 heteroatoms. The zero-order valence-corrected chi connectivity index (χ0v) is 17.1. The van der Waals surface area contributed by atoms with E-state index >= 15 is 0 Å². The molecule has 1 saturated carbocycles. The molecule has 1 saturated heterocycles. The predicted octanol–water partition coefficient (Wildman–Crippen LogP) is 3.77. The lowest BCUT2D eigenvalue weighted by Gasteiger charge is -2.37. The third-order valence-electron chi connectivity index (χ3n) is 6.64. The molecule has 2 aromatic rings. The van der Waals surface area contributed by atoms with Crippen LogP contribution >= 0.6 is 0 Å². The first-order valence-corrected chi connectivity index (χ1v) is 10.9. The van der Waals surface area contributed by atoms with Crippen molar-refractivity contribution in [2.45, 2.75) is 37.7 Å². The number of nitrogens with zero attached hydrogens (tertiary/aromatic N) is 2. The minimum atomic E-state index is -0.110. The van der Waals surface area contributed by atoms with Crippen LogP contribution in [0.2, 0.25) is 0 Å². The molecule has 1 atom stereocenters. The molecule has 0 bridgehead atoms. The summed E-state index contributed by atoms with van der Waals surface area (Å²) < 4.78 is 0. The van der Waals surface area contributed by atoms with E-state index in [1.165, 1.54) is 5.56 Å². The van der Waals surface area contributed by atoms with E-state index in [9.17, 15) is 5.11 Å². The first-order valence-electron chi connectivity index (χ1n) is 10.9. The molecule has 0 aromatic heterocycles. The fourth-order valence-corrected chi connectivity index (χ4v) is 4.89. The molecule has 1 unspecified atom stereocenters. The first-order chi connectivity index (χ1) is 14.2. The monoisotopic (exact) mass is 389 g/mol. The minimum Gasteiger partial charge on any atom is -0.393 e. The number of benzene rings is 2. The summed E-state index contributed by atoms with van der Waals surface area (Å²) in [6.07, 6.45) is 3.98. The molecule has 2 aromatic carbocycles. The smallest absolute Gasteiger partial charge is 0.0991 e. The Morgan fingerprint density at radius 1 is 1.00 bits per heavy atom. The molecular formula is C25H31N3O. The summed E-state index contributed by atoms with van der Waals surface area (Å²) in [6.45, 7) is 5.48. The second kappa shape index (κ2) is 9.54. The third kappa shape index (κ3) is 5.05. The molecule has 4 nitrogen and oxygen atoms in total. The first kappa shape index (κ1) is 20.1. The maximum absolute atomic E-state index is 9.96. The fourth-order valence-electron chi connectivity index (χ4n) is 4.89. The van der Waals surface area contributed by atoms with Gasteiger partial charge in [-0.2, -0.15) is 5.26 Å². The van der Waals surface area contributed by atoms with Crippen molar-refractivity contribution >= 4 is 0 Å². The Bertz CT molecular complexity index is 828. The van der Waals surface area contributed by atoms with E-state index in [4.69, 9.17) is 5.26 Å². The second-order valence-corrected chi connectivity index (χ2v) is 8.54. The minimum absolute atomic E-state index is 0.110. The van der Waals surface area contributed by atoms with E-state index in [-0.39, 0.29) is 6.10 Å². The highest BCUT2D eigenvalue weighted by molar-refractivity contribution is 5.65. The Morgan fingerprint density at radius 2 is 1.72 bits per heavy atom. The largest absolute Gasteiger partial charge is 0.393 e. The van der Waals surface area contributed by atoms with Gasteiger partial charge >= 0.3 is 0 Å². The molecule has 2 aliphatic rings. The van der Waals surface area contributed by atoms with Crippen LogP contribution in [-0.2, 0) is 0 Å². The van der Waals surface area contributed by atoms with Crippen LogP contribution in [0.15, 0.2) is 48.5 Å². The molecule has 0 amide bonds. The van der Waals surface area contributed by atoms with Gasteiger partial charge in [0.25, 0.3) is 0 Å². The Morgan fingerprint density at radius 3 is 2.41 bits per heavy atom. The van der Waals surface area contributed by atoms with E-state index in [0.29, 0.717) is 17.4 Å². The average molecular weight is 390 g/mol. The van der Waals surface area contributed by atoms with E-state index in [2.05, 4.69) is 46.6 Å². The van der Waals surface area contributed by atoms with Gasteiger partial charge in [-0.1, -0.05) is 36.4 Å². The molecular weight excluding hydrogens is 358 g/mol. The molecule has 0 radical (unpaired) electrons. The fraction of sp³-hybridized carbons (Fsp3) is 0.480. The highest BCUT2D eigenvalue weighted by atomic mass is 16.3. The number of nitriles is 1. The summed E-state index contributed by atoms with van der Waals surface area (Å²) in [5, 5.41) is 22.6. The molecule has 2 N–H and O–H groups in total. The number of piperazine rings is 1. The maximum atomic E-state index is 9.96. The highest BCUT2D eigenvalue weighted by Gasteiger charge is 2.29. The Hall–Kier alpha value is -2.19. The zero-order valence-electron chi connectivity index (χ0n) is 17.1. The molecule has 1 aliphatic carbocycles. The normalized spacial score (nSPS) is 24.0. The van der Waals surface area contributed by atoms with Crippen LogP contribution in [0.25, 0.3) is 11.1 Å². The van der Waals surface area contributed by atoms with Gasteiger partial charge < -0.3 is 15.3 Å². The summed E-state index contributed by atoms with van der Waals surface area (Å²) in [5.41, 5.74) is 4.36. The lowest BCUT2D eigenvalue weighted by Crippen LogP contribution is -2.46. The van der Waals surface area contributed by atoms with Gasteiger partial charge in [0.2, 0.25) is 0 Å². The molecule has 152 valence electrons. The lowest BCUT2D eigenvalue weighted by molar-refractivity contribution is 0.0932. The van der Waals surface area contributed by atoms with Crippen LogP contribution in [0.3, 0.4) is 0 Å². The molecule has 29 heavy (non-hydrogen) atoms. The van der Waals surface area contributed by atoms with E-state index in [0.717, 1.165) is 69.5 Å². The summed E-state index contributed by atoms with van der Waals surface area (Å²) >= 11 is 0. The van der Waals surface area contributed by atoms with Gasteiger partial charge in [0.1, 0.15) is 0 Å². The molecule has 1 aliphatic heterocycles. The number of rotatable bonds is 5. The van der Waals surface area contributed by atoms with Crippen molar-refractivity contribution in [2.24, 2.45) is 5.92 Å². The van der Waals surface area contributed by atoms with E-state index < -0.39 is 0 Å². The van der Waals surface area contributed by atoms with Gasteiger partial charge in [-0.15, -0.1) is 0 Å². The summed E-state index contributed by atoms with van der Waals surface area (Å²) in [5.74, 6) is 1.15. The standard InChI is InChI=1S/C25H31N3O/c26-17-19-2-1-3-23(16-19)20-4-6-21(7-5-20)25(18-28-14-12-27-13-15-28)22-8-10-24(29)11-9-22/h1-7,16,22,24-25,27,29H,8-15,18H2. The maximum Gasteiger partial charge on any atom is 0.0991 e. The summed E-state index contributed by atoms with van der Waals surface area (Å²) in [6, 6.07) is 19.0. The van der Waals surface area contributed by atoms with Crippen LogP contribution in [0.1, 0.15) is 42.7 Å². The van der Waals surface area contributed by atoms with Gasteiger partial charge in [0, 0.05) is 32.7 Å². The van der Waals surface area contributed by atoms with Crippen molar-refractivity contribution < 1.29 is 5.11 Å². The Labute approximate surface area is 174 Å². The van der Waals surface area contributed by atoms with Gasteiger partial charge in [0.15, 0.2) is 0 Å². The van der Waals surface area contributed by atoms with Crippen LogP contribution in [-0.4, -0.2) is 48.8 Å². The number of hydrogen-bond donors (Lipinski definition) is 2. The van der Waals surface area contributed by atoms with Crippen molar-refractivity contribution in [3.8, 4) is 17.2 Å². The molecule has 0 spiro atoms. The quantitative estimate of drug-likeness (QED) is 0.817. The van der Waals surface area contributed by atoms with Crippen LogP contribution < -0.4 is 5.32 Å². The van der Waals surface area contributed by atoms with Crippen molar-refractivity contribution in [1.29, 1.82) is 5.26 Å². The number of aliphatic hydroxyl groups excluding tert-OH is 1. The van der Waals surface area contributed by atoms with E-state index in [1.807, 2.05) is 18.2 Å². The third-order valence-corrected chi connectivity index (χ3v) is 6.64. The van der Waals surface area contributed by atoms with E-state index in [1.54, 1.807) is 0 Å². The predicted molar refractivity (Wildman–Crippen MR) is 117 cm³/mol. The molecule has 1 heterocycles. The van der Waals surface area contributed by atoms with Gasteiger partial charge in [-0.05, 0) is 66.3 Å². The van der Waals surface area contributed by atoms with Gasteiger partial charge in [0.05, 0.1) is 17.7 Å². The van der Waals surface area contributed by atoms with Gasteiger partial charge in [-0.25, -0.2) is 0 Å². The van der Waals surface area contributed by atoms with Crippen LogP contribution in [0, 0.1) is 17.2 Å². The van der Waals surface area contributed by atoms with Crippen LogP contribution in [0.5, 0.6) is 0 Å². The zero-order chi connectivity index (χ0) is 20.1. The van der Waals surface area contributed by atoms with Crippen molar-refractivity contribution in [3.63, 3.8) is 0 Å². The van der Waals surface area contributed by atoms with Crippen molar-refractivity contribution in [3.05, 3.63) is 59.7 Å². The van der Waals surface area contributed by atoms with Gasteiger partial charge in [-0.3, -0.25) is 0 Å². The number of nitrogens with one attached hydrogen (secondary N) is 1. The molecule has 4 rings (SSSR count). The summed E-state index contributed by atoms with van der Waals surface area (Å²) in [4.78, 5) is 2.59. The number of hydrogen-bond acceptors (Lipinski definition) is 4.